The Hall–Kier alpha value is -2.25. The van der Waals surface area contributed by atoms with Crippen LogP contribution in [0.15, 0.2) is 36.5 Å². The number of ketones is 2. The Morgan fingerprint density at radius 3 is 2.11 bits per heavy atom. The first kappa shape index (κ1) is 48.1. The molecule has 0 aromatic rings. The number of fused-ring (bicyclic) bond motifs is 2. The van der Waals surface area contributed by atoms with E-state index in [9.17, 15) is 39.9 Å². The van der Waals surface area contributed by atoms with E-state index in [4.69, 9.17) is 14.2 Å². The molecule has 18 atom stereocenters. The highest BCUT2D eigenvalue weighted by molar-refractivity contribution is 5.91. The predicted molar refractivity (Wildman–Crippen MR) is 215 cm³/mol. The summed E-state index contributed by atoms with van der Waals surface area (Å²) < 4.78 is 20.0. The molecule has 0 aliphatic carbocycles. The van der Waals surface area contributed by atoms with Gasteiger partial charge in [-0.25, -0.2) is 4.79 Å². The third-order valence-electron chi connectivity index (χ3n) is 13.4. The lowest BCUT2D eigenvalue weighted by Gasteiger charge is -2.55. The summed E-state index contributed by atoms with van der Waals surface area (Å²) in [6.07, 6.45) is 9.62. The maximum Gasteiger partial charge on any atom is 0.330 e. The molecule has 2 bridgehead atoms. The van der Waals surface area contributed by atoms with E-state index in [0.29, 0.717) is 25.7 Å². The van der Waals surface area contributed by atoms with Crippen molar-refractivity contribution in [3.05, 3.63) is 36.5 Å². The number of esters is 1. The van der Waals surface area contributed by atoms with Gasteiger partial charge in [0.25, 0.3) is 0 Å². The van der Waals surface area contributed by atoms with E-state index in [0.717, 1.165) is 19.3 Å². The maximum absolute atomic E-state index is 13.5. The molecule has 2 fully saturated rings. The summed E-state index contributed by atoms with van der Waals surface area (Å²) in [4.78, 5) is 40.5. The molecule has 320 valence electrons. The van der Waals surface area contributed by atoms with E-state index >= 15 is 0 Å². The summed E-state index contributed by atoms with van der Waals surface area (Å²) in [6.45, 7) is 19.1. The molecule has 0 amide bonds. The van der Waals surface area contributed by atoms with Crippen molar-refractivity contribution in [2.45, 2.75) is 175 Å². The molecule has 5 N–H and O–H groups in total. The number of carbonyl (C=O) groups is 3. The minimum absolute atomic E-state index is 0.168. The zero-order valence-corrected chi connectivity index (χ0v) is 35.8. The van der Waals surface area contributed by atoms with Gasteiger partial charge >= 0.3 is 5.97 Å². The fraction of sp³-hybridized carbons (Fsp3) is 0.800. The van der Waals surface area contributed by atoms with Gasteiger partial charge in [-0.3, -0.25) is 9.59 Å². The average Bonchev–Trinajstić information content (AvgIpc) is 3.16. The Morgan fingerprint density at radius 1 is 0.839 bits per heavy atom. The lowest BCUT2D eigenvalue weighted by Crippen LogP contribution is -2.62. The van der Waals surface area contributed by atoms with Gasteiger partial charge < -0.3 is 39.7 Å². The molecule has 3 heterocycles. The van der Waals surface area contributed by atoms with Gasteiger partial charge in [0.2, 0.25) is 0 Å². The second kappa shape index (κ2) is 20.6. The first-order valence-corrected chi connectivity index (χ1v) is 21.2. The van der Waals surface area contributed by atoms with Crippen molar-refractivity contribution in [1.29, 1.82) is 0 Å². The molecule has 3 aliphatic heterocycles. The average molecular weight is 791 g/mol. The SMILES string of the molecule is CC[C@@H]1/C=C/C=C/C[C@@H](C)[C@@H](O)[C@](C)(O)C(=O)[C@H](C)[C@@H](O)C(C)C(=O)[C@H](C)[C@H](O)[C@@H](C)/C=C/C(=O)OC2C(C)[C@@H](CC1)O[C@@]1(CC[C@@H](C)[C@@H](CC(C)O)O1)[C@@H]2C. The van der Waals surface area contributed by atoms with Crippen LogP contribution in [0.1, 0.15) is 121 Å². The smallest absolute Gasteiger partial charge is 0.330 e. The zero-order chi connectivity index (χ0) is 42.3. The van der Waals surface area contributed by atoms with Crippen molar-refractivity contribution in [2.24, 2.45) is 53.3 Å². The summed E-state index contributed by atoms with van der Waals surface area (Å²) in [5, 5.41) is 55.0. The molecule has 3 rings (SSSR count). The van der Waals surface area contributed by atoms with Crippen LogP contribution in [-0.4, -0.2) is 97.2 Å². The lowest BCUT2D eigenvalue weighted by atomic mass is 9.74. The molecule has 56 heavy (non-hydrogen) atoms. The van der Waals surface area contributed by atoms with Crippen molar-refractivity contribution >= 4 is 17.5 Å². The van der Waals surface area contributed by atoms with E-state index < -0.39 is 89.0 Å². The van der Waals surface area contributed by atoms with Crippen LogP contribution in [0.5, 0.6) is 0 Å². The largest absolute Gasteiger partial charge is 0.458 e. The first-order chi connectivity index (χ1) is 26.1. The highest BCUT2D eigenvalue weighted by Crippen LogP contribution is 2.49. The van der Waals surface area contributed by atoms with Gasteiger partial charge in [-0.15, -0.1) is 0 Å². The fourth-order valence-electron chi connectivity index (χ4n) is 9.01. The van der Waals surface area contributed by atoms with Gasteiger partial charge in [0.15, 0.2) is 11.6 Å². The highest BCUT2D eigenvalue weighted by atomic mass is 16.7. The molecule has 0 aromatic carbocycles. The Morgan fingerprint density at radius 2 is 1.48 bits per heavy atom. The topological polar surface area (TPSA) is 180 Å². The van der Waals surface area contributed by atoms with E-state index in [1.54, 1.807) is 20.8 Å². The van der Waals surface area contributed by atoms with Crippen LogP contribution >= 0.6 is 0 Å². The van der Waals surface area contributed by atoms with Crippen LogP contribution in [0.25, 0.3) is 0 Å². The van der Waals surface area contributed by atoms with Crippen molar-refractivity contribution < 1.29 is 54.1 Å². The molecule has 0 saturated carbocycles. The normalized spacial score (nSPS) is 46.8. The van der Waals surface area contributed by atoms with Crippen LogP contribution in [-0.2, 0) is 28.6 Å². The Balaban J connectivity index is 1.99. The zero-order valence-electron chi connectivity index (χ0n) is 35.8. The van der Waals surface area contributed by atoms with Gasteiger partial charge in [0.1, 0.15) is 17.5 Å². The predicted octanol–water partition coefficient (Wildman–Crippen LogP) is 5.88. The van der Waals surface area contributed by atoms with Crippen molar-refractivity contribution in [1.82, 2.24) is 0 Å². The monoisotopic (exact) mass is 791 g/mol. The number of hydrogen-bond acceptors (Lipinski definition) is 11. The number of ether oxygens (including phenoxy) is 3. The molecule has 4 unspecified atom stereocenters. The Bertz CT molecular complexity index is 1390. The van der Waals surface area contributed by atoms with Gasteiger partial charge in [-0.05, 0) is 70.1 Å². The number of allylic oxidation sites excluding steroid dienone is 4. The molecular formula is C45H74O11. The molecule has 2 saturated heterocycles. The summed E-state index contributed by atoms with van der Waals surface area (Å²) in [5.74, 6) is -7.28. The summed E-state index contributed by atoms with van der Waals surface area (Å²) in [5.41, 5.74) is -2.18. The lowest BCUT2D eigenvalue weighted by molar-refractivity contribution is -0.371. The summed E-state index contributed by atoms with van der Waals surface area (Å²) >= 11 is 0. The maximum atomic E-state index is 13.5. The van der Waals surface area contributed by atoms with Crippen LogP contribution < -0.4 is 0 Å². The van der Waals surface area contributed by atoms with E-state index in [1.807, 2.05) is 32.1 Å². The highest BCUT2D eigenvalue weighted by Gasteiger charge is 2.56. The van der Waals surface area contributed by atoms with Gasteiger partial charge in [-0.1, -0.05) is 92.7 Å². The van der Waals surface area contributed by atoms with Gasteiger partial charge in [0, 0.05) is 48.0 Å². The van der Waals surface area contributed by atoms with Crippen LogP contribution in [0.3, 0.4) is 0 Å². The second-order valence-electron chi connectivity index (χ2n) is 18.0. The number of carbonyl (C=O) groups excluding carboxylic acids is 3. The number of aliphatic hydroxyl groups is 5. The van der Waals surface area contributed by atoms with Crippen molar-refractivity contribution in [2.75, 3.05) is 0 Å². The third kappa shape index (κ3) is 11.5. The van der Waals surface area contributed by atoms with Gasteiger partial charge in [-0.2, -0.15) is 0 Å². The summed E-state index contributed by atoms with van der Waals surface area (Å²) in [6, 6.07) is 0. The van der Waals surface area contributed by atoms with Crippen molar-refractivity contribution in [3.8, 4) is 0 Å². The molecule has 11 heteroatoms. The summed E-state index contributed by atoms with van der Waals surface area (Å²) in [7, 11) is 0. The van der Waals surface area contributed by atoms with Gasteiger partial charge in [0.05, 0.1) is 36.6 Å². The number of hydrogen-bond donors (Lipinski definition) is 5. The molecule has 0 aromatic heterocycles. The Kier molecular flexibility index (Phi) is 17.7. The van der Waals surface area contributed by atoms with E-state index in [1.165, 1.54) is 39.8 Å². The van der Waals surface area contributed by atoms with Crippen molar-refractivity contribution in [3.63, 3.8) is 0 Å². The number of aliphatic hydroxyl groups excluding tert-OH is 4. The molecule has 0 radical (unpaired) electrons. The van der Waals surface area contributed by atoms with E-state index in [-0.39, 0.29) is 35.9 Å². The third-order valence-corrected chi connectivity index (χ3v) is 13.4. The van der Waals surface area contributed by atoms with Crippen LogP contribution in [0, 0.1) is 53.3 Å². The molecule has 3 aliphatic rings. The number of Topliss-reactive ketones (excluding diaryl/α,β-unsaturated/α-hetero) is 2. The van der Waals surface area contributed by atoms with Crippen LogP contribution in [0.4, 0.5) is 0 Å². The molecule has 11 nitrogen and oxygen atoms in total. The van der Waals surface area contributed by atoms with E-state index in [2.05, 4.69) is 19.9 Å². The quantitative estimate of drug-likeness (QED) is 0.216. The first-order valence-electron chi connectivity index (χ1n) is 21.2. The second-order valence-corrected chi connectivity index (χ2v) is 18.0. The minimum Gasteiger partial charge on any atom is -0.458 e. The number of rotatable bonds is 3. The standard InChI is InChI=1S/C45H74O11/c1-12-34-17-15-13-14-16-27(4)42(51)44(11,53)43(52)32(9)40(50)31(8)39(49)30(7)38(48)26(3)18-21-37(47)54-41-29(6)35(20-19-34)55-45(33(41)10)23-22-25(2)36(56-45)24-28(5)46/h13-15,17-18,21,25-36,38,40-42,46,48,50-51,53H,12,16,19-20,22-24H2,1-11H3/b14-13+,17-15+,21-18+/t25-,26+,27-,28?,29?,30-,31?,32-,33-,34-,35-,36-,38-,40+,41?,42-,44+,45-/m1/s1. The van der Waals surface area contributed by atoms with Crippen LogP contribution in [0.2, 0.25) is 0 Å². The fourth-order valence-corrected chi connectivity index (χ4v) is 9.01. The minimum atomic E-state index is -2.18. The molecule has 1 spiro atoms. The molecular weight excluding hydrogens is 716 g/mol. The Labute approximate surface area is 336 Å².